The van der Waals surface area contributed by atoms with E-state index in [1.165, 1.54) is 0 Å². The molecule has 3 heteroatoms. The fourth-order valence-corrected chi connectivity index (χ4v) is 2.34. The van der Waals surface area contributed by atoms with Crippen molar-refractivity contribution in [1.29, 1.82) is 0 Å². The number of anilines is 1. The first-order valence-electron chi connectivity index (χ1n) is 6.11. The van der Waals surface area contributed by atoms with Crippen LogP contribution in [0.5, 0.6) is 0 Å². The van der Waals surface area contributed by atoms with Gasteiger partial charge in [0.1, 0.15) is 0 Å². The smallest absolute Gasteiger partial charge is 0.196 e. The second-order valence-electron chi connectivity index (χ2n) is 5.82. The molecule has 1 heterocycles. The Morgan fingerprint density at radius 3 is 2.53 bits per heavy atom. The van der Waals surface area contributed by atoms with E-state index in [1.54, 1.807) is 0 Å². The molecule has 0 bridgehead atoms. The fraction of sp³-hybridized carbons (Fsp3) is 0.500. The molecule has 0 saturated heterocycles. The highest BCUT2D eigenvalue weighted by atomic mass is 15.3. The van der Waals surface area contributed by atoms with Gasteiger partial charge >= 0.3 is 0 Å². The number of guanidine groups is 1. The summed E-state index contributed by atoms with van der Waals surface area (Å²) in [6.07, 6.45) is 1.09. The summed E-state index contributed by atoms with van der Waals surface area (Å²) < 4.78 is 0. The van der Waals surface area contributed by atoms with Gasteiger partial charge in [-0.2, -0.15) is 0 Å². The average Bonchev–Trinajstić information content (AvgIpc) is 2.58. The second kappa shape index (κ2) is 4.40. The van der Waals surface area contributed by atoms with Crippen LogP contribution < -0.4 is 10.6 Å². The molecule has 92 valence electrons. The first-order valence-corrected chi connectivity index (χ1v) is 6.11. The van der Waals surface area contributed by atoms with E-state index < -0.39 is 0 Å². The molecule has 1 unspecified atom stereocenters. The molecule has 0 aromatic heterocycles. The average molecular weight is 231 g/mol. The summed E-state index contributed by atoms with van der Waals surface area (Å²) in [6, 6.07) is 10.7. The molecule has 0 spiro atoms. The third kappa shape index (κ3) is 2.78. The van der Waals surface area contributed by atoms with Gasteiger partial charge in [0.05, 0.1) is 12.6 Å². The van der Waals surface area contributed by atoms with E-state index in [0.29, 0.717) is 12.0 Å². The van der Waals surface area contributed by atoms with Crippen molar-refractivity contribution in [1.82, 2.24) is 0 Å². The van der Waals surface area contributed by atoms with Gasteiger partial charge in [-0.05, 0) is 24.0 Å². The Morgan fingerprint density at radius 1 is 1.29 bits per heavy atom. The molecule has 0 amide bonds. The molecular weight excluding hydrogens is 210 g/mol. The molecule has 3 nitrogen and oxygen atoms in total. The lowest BCUT2D eigenvalue weighted by molar-refractivity contribution is 0.347. The van der Waals surface area contributed by atoms with Gasteiger partial charge in [-0.15, -0.1) is 0 Å². The number of para-hydroxylation sites is 1. The summed E-state index contributed by atoms with van der Waals surface area (Å²) >= 11 is 0. The van der Waals surface area contributed by atoms with E-state index in [1.807, 2.05) is 18.2 Å². The monoisotopic (exact) mass is 231 g/mol. The van der Waals surface area contributed by atoms with Crippen molar-refractivity contribution in [2.24, 2.45) is 16.1 Å². The maximum Gasteiger partial charge on any atom is 0.196 e. The highest BCUT2D eigenvalue weighted by molar-refractivity contribution is 5.97. The topological polar surface area (TPSA) is 41.6 Å². The second-order valence-corrected chi connectivity index (χ2v) is 5.82. The number of aliphatic imine (C=N–C) groups is 1. The van der Waals surface area contributed by atoms with Crippen molar-refractivity contribution in [3.63, 3.8) is 0 Å². The van der Waals surface area contributed by atoms with Crippen LogP contribution in [0.25, 0.3) is 0 Å². The quantitative estimate of drug-likeness (QED) is 0.850. The summed E-state index contributed by atoms with van der Waals surface area (Å²) in [6.45, 7) is 7.57. The standard InChI is InChI=1S/C14H21N3/c1-14(2,3)9-12-10-16-13(15)17(12)11-7-5-4-6-8-11/h4-8,12H,9-10H2,1-3H3,(H2,15,16). The Hall–Kier alpha value is -1.51. The molecule has 2 rings (SSSR count). The number of hydrogen-bond acceptors (Lipinski definition) is 3. The van der Waals surface area contributed by atoms with Gasteiger partial charge in [0, 0.05) is 5.69 Å². The van der Waals surface area contributed by atoms with Gasteiger partial charge in [-0.25, -0.2) is 0 Å². The summed E-state index contributed by atoms with van der Waals surface area (Å²) in [5, 5.41) is 0. The number of nitrogens with two attached hydrogens (primary N) is 1. The lowest BCUT2D eigenvalue weighted by atomic mass is 9.87. The van der Waals surface area contributed by atoms with E-state index in [0.717, 1.165) is 18.7 Å². The Balaban J connectivity index is 2.21. The van der Waals surface area contributed by atoms with Gasteiger partial charge in [-0.1, -0.05) is 39.0 Å². The van der Waals surface area contributed by atoms with E-state index in [4.69, 9.17) is 5.73 Å². The minimum absolute atomic E-state index is 0.290. The van der Waals surface area contributed by atoms with Gasteiger partial charge in [0.25, 0.3) is 0 Å². The lowest BCUT2D eigenvalue weighted by Gasteiger charge is -2.31. The molecule has 1 aromatic rings. The maximum atomic E-state index is 6.00. The van der Waals surface area contributed by atoms with Crippen LogP contribution in [-0.2, 0) is 0 Å². The minimum Gasteiger partial charge on any atom is -0.370 e. The van der Waals surface area contributed by atoms with Gasteiger partial charge in [-0.3, -0.25) is 4.99 Å². The number of benzene rings is 1. The predicted octanol–water partition coefficient (Wildman–Crippen LogP) is 2.63. The zero-order chi connectivity index (χ0) is 12.5. The largest absolute Gasteiger partial charge is 0.370 e. The highest BCUT2D eigenvalue weighted by Crippen LogP contribution is 2.29. The predicted molar refractivity (Wildman–Crippen MR) is 73.3 cm³/mol. The van der Waals surface area contributed by atoms with E-state index in [-0.39, 0.29) is 5.41 Å². The van der Waals surface area contributed by atoms with Crippen LogP contribution in [0.1, 0.15) is 27.2 Å². The molecular formula is C14H21N3. The zero-order valence-electron chi connectivity index (χ0n) is 10.9. The molecule has 0 saturated carbocycles. The van der Waals surface area contributed by atoms with Crippen LogP contribution in [0.15, 0.2) is 35.3 Å². The number of rotatable bonds is 2. The fourth-order valence-electron chi connectivity index (χ4n) is 2.34. The van der Waals surface area contributed by atoms with E-state index in [9.17, 15) is 0 Å². The SMILES string of the molecule is CC(C)(C)CC1CN=C(N)N1c1ccccc1. The summed E-state index contributed by atoms with van der Waals surface area (Å²) in [4.78, 5) is 6.54. The molecule has 1 aromatic carbocycles. The number of hydrogen-bond donors (Lipinski definition) is 1. The van der Waals surface area contributed by atoms with Crippen LogP contribution >= 0.6 is 0 Å². The van der Waals surface area contributed by atoms with Crippen LogP contribution in [0.4, 0.5) is 5.69 Å². The van der Waals surface area contributed by atoms with E-state index in [2.05, 4.69) is 42.8 Å². The van der Waals surface area contributed by atoms with Gasteiger partial charge < -0.3 is 10.6 Å². The van der Waals surface area contributed by atoms with Crippen LogP contribution in [0.2, 0.25) is 0 Å². The van der Waals surface area contributed by atoms with Crippen molar-refractivity contribution >= 4 is 11.6 Å². The maximum absolute atomic E-state index is 6.00. The Labute approximate surface area is 103 Å². The Bertz CT molecular complexity index is 403. The summed E-state index contributed by atoms with van der Waals surface area (Å²) in [5.41, 5.74) is 7.43. The molecule has 1 aliphatic heterocycles. The van der Waals surface area contributed by atoms with Crippen molar-refractivity contribution < 1.29 is 0 Å². The van der Waals surface area contributed by atoms with Crippen molar-refractivity contribution in [3.05, 3.63) is 30.3 Å². The minimum atomic E-state index is 0.290. The third-order valence-electron chi connectivity index (χ3n) is 2.96. The molecule has 17 heavy (non-hydrogen) atoms. The molecule has 0 aliphatic carbocycles. The van der Waals surface area contributed by atoms with Gasteiger partial charge in [0.2, 0.25) is 0 Å². The molecule has 0 fully saturated rings. The first-order chi connectivity index (χ1) is 7.97. The van der Waals surface area contributed by atoms with Crippen LogP contribution in [0.3, 0.4) is 0 Å². The Morgan fingerprint density at radius 2 is 1.94 bits per heavy atom. The summed E-state index contributed by atoms with van der Waals surface area (Å²) in [7, 11) is 0. The lowest BCUT2D eigenvalue weighted by Crippen LogP contribution is -2.42. The Kier molecular flexibility index (Phi) is 3.09. The molecule has 1 atom stereocenters. The van der Waals surface area contributed by atoms with Crippen molar-refractivity contribution in [3.8, 4) is 0 Å². The highest BCUT2D eigenvalue weighted by Gasteiger charge is 2.30. The van der Waals surface area contributed by atoms with Crippen molar-refractivity contribution in [2.75, 3.05) is 11.4 Å². The normalized spacial score (nSPS) is 20.5. The van der Waals surface area contributed by atoms with E-state index >= 15 is 0 Å². The summed E-state index contributed by atoms with van der Waals surface area (Å²) in [5.74, 6) is 0.644. The van der Waals surface area contributed by atoms with Crippen molar-refractivity contribution in [2.45, 2.75) is 33.2 Å². The number of nitrogens with zero attached hydrogens (tertiary/aromatic N) is 2. The first kappa shape index (κ1) is 12.0. The van der Waals surface area contributed by atoms with Gasteiger partial charge in [0.15, 0.2) is 5.96 Å². The molecule has 0 radical (unpaired) electrons. The van der Waals surface area contributed by atoms with Crippen LogP contribution in [-0.4, -0.2) is 18.5 Å². The molecule has 1 aliphatic rings. The molecule has 2 N–H and O–H groups in total. The zero-order valence-corrected chi connectivity index (χ0v) is 10.9. The van der Waals surface area contributed by atoms with Crippen LogP contribution in [0, 0.1) is 5.41 Å². The third-order valence-corrected chi connectivity index (χ3v) is 2.96.